The summed E-state index contributed by atoms with van der Waals surface area (Å²) < 4.78 is 33.9. The van der Waals surface area contributed by atoms with Gasteiger partial charge in [-0.3, -0.25) is 4.98 Å². The second-order valence-corrected chi connectivity index (χ2v) is 9.49. The molecule has 33 heavy (non-hydrogen) atoms. The van der Waals surface area contributed by atoms with Gasteiger partial charge in [-0.2, -0.15) is 0 Å². The summed E-state index contributed by atoms with van der Waals surface area (Å²) in [5.74, 6) is -2.66. The monoisotopic (exact) mass is 442 g/mol. The lowest BCUT2D eigenvalue weighted by Gasteiger charge is -2.15. The number of nitrogens with zero attached hydrogens (tertiary/aromatic N) is 2. The van der Waals surface area contributed by atoms with Crippen molar-refractivity contribution in [1.29, 1.82) is 0 Å². The summed E-state index contributed by atoms with van der Waals surface area (Å²) in [5.41, 5.74) is 7.19. The zero-order valence-corrected chi connectivity index (χ0v) is 18.9. The van der Waals surface area contributed by atoms with E-state index in [4.69, 9.17) is 9.40 Å². The molecule has 3 nitrogen and oxygen atoms in total. The maximum absolute atomic E-state index is 13.8. The van der Waals surface area contributed by atoms with E-state index in [2.05, 4.69) is 36.2 Å². The van der Waals surface area contributed by atoms with Gasteiger partial charge in [-0.05, 0) is 79.5 Å². The van der Waals surface area contributed by atoms with Crippen molar-refractivity contribution in [3.8, 4) is 11.3 Å². The van der Waals surface area contributed by atoms with Gasteiger partial charge in [0, 0.05) is 46.5 Å². The standard InChI is InChI=1S/C28H24F2N2O/c1-15-10-23-21-6-4-17(3)32-27(21)33-26(23)24(11-15)25-20-7-5-18(12-22(20)16(2)14-31-25)19-8-9-28(29,30)13-19/h4-7,10-12,14,19H,8-9,13H2,1-3H3. The fraction of sp³-hybridized carbons (Fsp3) is 0.286. The number of hydrogen-bond acceptors (Lipinski definition) is 3. The number of pyridine rings is 2. The number of halogens is 2. The van der Waals surface area contributed by atoms with Crippen LogP contribution in [0.2, 0.25) is 0 Å². The highest BCUT2D eigenvalue weighted by atomic mass is 19.3. The van der Waals surface area contributed by atoms with Crippen LogP contribution < -0.4 is 0 Å². The van der Waals surface area contributed by atoms with Crippen LogP contribution in [0, 0.1) is 20.8 Å². The molecule has 5 heteroatoms. The first-order valence-electron chi connectivity index (χ1n) is 11.4. The molecule has 6 rings (SSSR count). The molecule has 1 saturated carbocycles. The summed E-state index contributed by atoms with van der Waals surface area (Å²) in [7, 11) is 0. The summed E-state index contributed by atoms with van der Waals surface area (Å²) in [6.45, 7) is 6.04. The molecule has 2 aromatic carbocycles. The maximum atomic E-state index is 13.8. The number of rotatable bonds is 2. The number of hydrogen-bond donors (Lipinski definition) is 0. The molecule has 0 saturated heterocycles. The van der Waals surface area contributed by atoms with Crippen molar-refractivity contribution in [3.05, 3.63) is 71.0 Å². The lowest BCUT2D eigenvalue weighted by molar-refractivity contribution is 0.00777. The fourth-order valence-electron chi connectivity index (χ4n) is 5.27. The van der Waals surface area contributed by atoms with E-state index < -0.39 is 5.92 Å². The number of aryl methyl sites for hydroxylation is 3. The predicted octanol–water partition coefficient (Wildman–Crippen LogP) is 8.02. The van der Waals surface area contributed by atoms with Crippen LogP contribution >= 0.6 is 0 Å². The lowest BCUT2D eigenvalue weighted by Crippen LogP contribution is -2.09. The minimum Gasteiger partial charge on any atom is -0.437 e. The van der Waals surface area contributed by atoms with Crippen LogP contribution in [0.15, 0.2) is 53.1 Å². The van der Waals surface area contributed by atoms with E-state index in [1.807, 2.05) is 38.2 Å². The van der Waals surface area contributed by atoms with Gasteiger partial charge in [-0.15, -0.1) is 0 Å². The molecule has 1 aliphatic carbocycles. The predicted molar refractivity (Wildman–Crippen MR) is 128 cm³/mol. The summed E-state index contributed by atoms with van der Waals surface area (Å²) in [5, 5.41) is 4.06. The number of benzene rings is 2. The third-order valence-corrected chi connectivity index (χ3v) is 6.96. The van der Waals surface area contributed by atoms with Crippen molar-refractivity contribution in [2.75, 3.05) is 0 Å². The van der Waals surface area contributed by atoms with Gasteiger partial charge in [0.1, 0.15) is 5.58 Å². The van der Waals surface area contributed by atoms with Crippen molar-refractivity contribution in [2.45, 2.75) is 51.9 Å². The zero-order valence-electron chi connectivity index (χ0n) is 18.9. The Morgan fingerprint density at radius 1 is 0.939 bits per heavy atom. The van der Waals surface area contributed by atoms with Crippen molar-refractivity contribution in [2.24, 2.45) is 0 Å². The van der Waals surface area contributed by atoms with Crippen molar-refractivity contribution < 1.29 is 13.2 Å². The Morgan fingerprint density at radius 3 is 2.55 bits per heavy atom. The summed E-state index contributed by atoms with van der Waals surface area (Å²) in [6.07, 6.45) is 2.29. The molecule has 0 radical (unpaired) electrons. The van der Waals surface area contributed by atoms with Crippen LogP contribution in [0.3, 0.4) is 0 Å². The first-order chi connectivity index (χ1) is 15.8. The van der Waals surface area contributed by atoms with Gasteiger partial charge in [0.05, 0.1) is 5.69 Å². The molecule has 1 unspecified atom stereocenters. The smallest absolute Gasteiger partial charge is 0.248 e. The van der Waals surface area contributed by atoms with E-state index in [0.717, 1.165) is 60.8 Å². The fourth-order valence-corrected chi connectivity index (χ4v) is 5.27. The van der Waals surface area contributed by atoms with Gasteiger partial charge in [0.2, 0.25) is 11.6 Å². The van der Waals surface area contributed by atoms with Crippen molar-refractivity contribution in [1.82, 2.24) is 9.97 Å². The second-order valence-electron chi connectivity index (χ2n) is 9.49. The normalized spacial score (nSPS) is 18.0. The van der Waals surface area contributed by atoms with Crippen LogP contribution in [0.25, 0.3) is 44.1 Å². The van der Waals surface area contributed by atoms with Gasteiger partial charge in [-0.1, -0.05) is 18.2 Å². The highest BCUT2D eigenvalue weighted by Gasteiger charge is 2.40. The third-order valence-electron chi connectivity index (χ3n) is 6.96. The van der Waals surface area contributed by atoms with Crippen LogP contribution in [0.1, 0.15) is 47.6 Å². The Bertz CT molecular complexity index is 1570. The molecule has 5 aromatic rings. The molecule has 3 heterocycles. The molecule has 3 aromatic heterocycles. The van der Waals surface area contributed by atoms with Crippen LogP contribution in [0.4, 0.5) is 8.78 Å². The number of alkyl halides is 2. The second kappa shape index (κ2) is 7.08. The minimum atomic E-state index is -2.56. The molecule has 0 amide bonds. The van der Waals surface area contributed by atoms with Gasteiger partial charge < -0.3 is 4.42 Å². The Labute approximate surface area is 190 Å². The van der Waals surface area contributed by atoms with Crippen molar-refractivity contribution >= 4 is 32.8 Å². The molecule has 1 fully saturated rings. The van der Waals surface area contributed by atoms with Gasteiger partial charge >= 0.3 is 0 Å². The minimum absolute atomic E-state index is 0.0306. The quantitative estimate of drug-likeness (QED) is 0.278. The molecule has 0 N–H and O–H groups in total. The molecule has 0 aliphatic heterocycles. The first-order valence-corrected chi connectivity index (χ1v) is 11.4. The Kier molecular flexibility index (Phi) is 4.35. The number of furan rings is 1. The largest absolute Gasteiger partial charge is 0.437 e. The van der Waals surface area contributed by atoms with Crippen molar-refractivity contribution in [3.63, 3.8) is 0 Å². The molecular formula is C28H24F2N2O. The van der Waals surface area contributed by atoms with Gasteiger partial charge in [-0.25, -0.2) is 13.8 Å². The number of fused-ring (bicyclic) bond motifs is 4. The Morgan fingerprint density at radius 2 is 1.76 bits per heavy atom. The molecular weight excluding hydrogens is 418 g/mol. The molecule has 1 aliphatic rings. The van der Waals surface area contributed by atoms with Crippen LogP contribution in [-0.2, 0) is 0 Å². The molecule has 1 atom stereocenters. The molecule has 0 spiro atoms. The van der Waals surface area contributed by atoms with E-state index >= 15 is 0 Å². The summed E-state index contributed by atoms with van der Waals surface area (Å²) in [4.78, 5) is 9.38. The maximum Gasteiger partial charge on any atom is 0.248 e. The molecule has 0 bridgehead atoms. The van der Waals surface area contributed by atoms with Crippen LogP contribution in [-0.4, -0.2) is 15.9 Å². The Hall–Kier alpha value is -3.34. The zero-order chi connectivity index (χ0) is 22.9. The first kappa shape index (κ1) is 20.3. The molecule has 166 valence electrons. The summed E-state index contributed by atoms with van der Waals surface area (Å²) >= 11 is 0. The Balaban J connectivity index is 1.57. The average Bonchev–Trinajstić information content (AvgIpc) is 3.32. The topological polar surface area (TPSA) is 38.9 Å². The van der Waals surface area contributed by atoms with Gasteiger partial charge in [0.25, 0.3) is 0 Å². The highest BCUT2D eigenvalue weighted by Crippen LogP contribution is 2.45. The van der Waals surface area contributed by atoms with Gasteiger partial charge in [0.15, 0.2) is 0 Å². The van der Waals surface area contributed by atoms with Crippen LogP contribution in [0.5, 0.6) is 0 Å². The lowest BCUT2D eigenvalue weighted by atomic mass is 9.92. The van der Waals surface area contributed by atoms with E-state index in [1.165, 1.54) is 0 Å². The SMILES string of the molecule is Cc1cc(-c2ncc(C)c3cc(C4CCC(F)(F)C4)ccc23)c2oc3nc(C)ccc3c2c1. The average molecular weight is 443 g/mol. The highest BCUT2D eigenvalue weighted by molar-refractivity contribution is 6.11. The number of aromatic nitrogens is 2. The van der Waals surface area contributed by atoms with E-state index in [0.29, 0.717) is 12.1 Å². The third kappa shape index (κ3) is 3.29. The van der Waals surface area contributed by atoms with E-state index in [-0.39, 0.29) is 18.8 Å². The van der Waals surface area contributed by atoms with E-state index in [9.17, 15) is 8.78 Å². The summed E-state index contributed by atoms with van der Waals surface area (Å²) in [6, 6.07) is 14.4. The van der Waals surface area contributed by atoms with E-state index in [1.54, 1.807) is 0 Å².